The number of carbonyl (C=O) groups is 1. The summed E-state index contributed by atoms with van der Waals surface area (Å²) in [6, 6.07) is 9.74. The number of anilines is 1. The van der Waals surface area contributed by atoms with E-state index in [0.717, 1.165) is 22.4 Å². The quantitative estimate of drug-likeness (QED) is 0.193. The van der Waals surface area contributed by atoms with E-state index in [1.54, 1.807) is 26.2 Å². The second-order valence-corrected chi connectivity index (χ2v) is 6.57. The van der Waals surface area contributed by atoms with Crippen molar-refractivity contribution in [3.8, 4) is 11.1 Å². The standard InChI is InChI=1S/C22H28N6O/c1-4-5-20(26-3)19(14(2)29)13-27-11-15-6-8-16(9-7-15)17-10-18(21(23)24)22(25)28-12-17/h4-10,12,26-27H,11,13H2,1-3H3,(H3,23,24)(H2,25,28)/b5-4-,20-19-. The molecular weight excluding hydrogens is 364 g/mol. The lowest BCUT2D eigenvalue weighted by atomic mass is 10.0. The van der Waals surface area contributed by atoms with Gasteiger partial charge in [-0.25, -0.2) is 4.98 Å². The van der Waals surface area contributed by atoms with Gasteiger partial charge in [-0.1, -0.05) is 30.3 Å². The third-order valence-corrected chi connectivity index (χ3v) is 4.48. The number of ketones is 1. The Labute approximate surface area is 171 Å². The molecule has 0 aliphatic carbocycles. The fourth-order valence-corrected chi connectivity index (χ4v) is 2.91. The summed E-state index contributed by atoms with van der Waals surface area (Å²) >= 11 is 0. The zero-order valence-corrected chi connectivity index (χ0v) is 17.0. The van der Waals surface area contributed by atoms with Crippen LogP contribution in [0, 0.1) is 5.41 Å². The number of nitrogens with zero attached hydrogens (tertiary/aromatic N) is 1. The summed E-state index contributed by atoms with van der Waals surface area (Å²) in [6.07, 6.45) is 5.46. The van der Waals surface area contributed by atoms with Crippen molar-refractivity contribution in [2.24, 2.45) is 5.73 Å². The van der Waals surface area contributed by atoms with Gasteiger partial charge in [-0.2, -0.15) is 0 Å². The molecule has 0 saturated heterocycles. The zero-order valence-electron chi connectivity index (χ0n) is 17.0. The molecule has 2 aromatic rings. The van der Waals surface area contributed by atoms with Crippen molar-refractivity contribution < 1.29 is 4.79 Å². The molecule has 1 heterocycles. The summed E-state index contributed by atoms with van der Waals surface area (Å²) in [7, 11) is 1.81. The Morgan fingerprint density at radius 1 is 1.24 bits per heavy atom. The second-order valence-electron chi connectivity index (χ2n) is 6.57. The normalized spacial score (nSPS) is 12.0. The van der Waals surface area contributed by atoms with Crippen molar-refractivity contribution in [1.29, 1.82) is 5.41 Å². The molecule has 0 bridgehead atoms. The van der Waals surface area contributed by atoms with Gasteiger partial charge in [0.15, 0.2) is 5.78 Å². The van der Waals surface area contributed by atoms with E-state index in [0.29, 0.717) is 24.2 Å². The van der Waals surface area contributed by atoms with Gasteiger partial charge in [0.1, 0.15) is 11.7 Å². The number of Topliss-reactive ketones (excluding diaryl/α,β-unsaturated/α-hetero) is 1. The van der Waals surface area contributed by atoms with E-state index >= 15 is 0 Å². The molecule has 0 saturated carbocycles. The molecule has 152 valence electrons. The van der Waals surface area contributed by atoms with Gasteiger partial charge in [-0.05, 0) is 37.1 Å². The smallest absolute Gasteiger partial charge is 0.159 e. The number of aromatic nitrogens is 1. The van der Waals surface area contributed by atoms with E-state index in [1.807, 2.05) is 43.3 Å². The molecule has 0 aliphatic heterocycles. The minimum atomic E-state index is -0.106. The summed E-state index contributed by atoms with van der Waals surface area (Å²) < 4.78 is 0. The monoisotopic (exact) mass is 392 g/mol. The SMILES string of the molecule is C/C=C\C(NC)=C(/CNCc1ccc(-c2cnc(N)c(C(=N)N)c2)cc1)C(C)=O. The van der Waals surface area contributed by atoms with Gasteiger partial charge < -0.3 is 22.1 Å². The van der Waals surface area contributed by atoms with Crippen LogP contribution in [0.4, 0.5) is 5.82 Å². The summed E-state index contributed by atoms with van der Waals surface area (Å²) in [4.78, 5) is 16.1. The van der Waals surface area contributed by atoms with Crippen molar-refractivity contribution in [2.45, 2.75) is 20.4 Å². The lowest BCUT2D eigenvalue weighted by Gasteiger charge is -2.12. The molecule has 29 heavy (non-hydrogen) atoms. The number of nitrogens with two attached hydrogens (primary N) is 2. The Morgan fingerprint density at radius 2 is 1.93 bits per heavy atom. The number of benzene rings is 1. The van der Waals surface area contributed by atoms with Gasteiger partial charge in [-0.3, -0.25) is 10.2 Å². The number of nitrogens with one attached hydrogen (secondary N) is 3. The van der Waals surface area contributed by atoms with Gasteiger partial charge in [0.05, 0.1) is 5.56 Å². The Balaban J connectivity index is 2.09. The van der Waals surface area contributed by atoms with Crippen LogP contribution in [-0.2, 0) is 11.3 Å². The molecule has 2 rings (SSSR count). The van der Waals surface area contributed by atoms with Crippen LogP contribution in [0.15, 0.2) is 60.0 Å². The summed E-state index contributed by atoms with van der Waals surface area (Å²) in [6.45, 7) is 4.59. The fraction of sp³-hybridized carbons (Fsp3) is 0.227. The topological polar surface area (TPSA) is 130 Å². The Bertz CT molecular complexity index is 944. The Kier molecular flexibility index (Phi) is 7.68. The van der Waals surface area contributed by atoms with E-state index in [1.165, 1.54) is 0 Å². The maximum absolute atomic E-state index is 12.0. The molecule has 0 spiro atoms. The average molecular weight is 393 g/mol. The van der Waals surface area contributed by atoms with Gasteiger partial charge in [-0.15, -0.1) is 0 Å². The molecule has 1 aromatic heterocycles. The van der Waals surface area contributed by atoms with E-state index < -0.39 is 0 Å². The number of allylic oxidation sites excluding steroid dienone is 2. The van der Waals surface area contributed by atoms with Crippen molar-refractivity contribution in [3.63, 3.8) is 0 Å². The molecule has 0 atom stereocenters. The maximum Gasteiger partial charge on any atom is 0.159 e. The highest BCUT2D eigenvalue weighted by atomic mass is 16.1. The molecule has 0 fully saturated rings. The van der Waals surface area contributed by atoms with E-state index in [-0.39, 0.29) is 17.4 Å². The third-order valence-electron chi connectivity index (χ3n) is 4.48. The fourth-order valence-electron chi connectivity index (χ4n) is 2.91. The third kappa shape index (κ3) is 5.76. The molecule has 0 aliphatic rings. The summed E-state index contributed by atoms with van der Waals surface area (Å²) in [5, 5.41) is 14.0. The van der Waals surface area contributed by atoms with Crippen LogP contribution in [0.3, 0.4) is 0 Å². The van der Waals surface area contributed by atoms with Crippen LogP contribution in [0.5, 0.6) is 0 Å². The first-order valence-electron chi connectivity index (χ1n) is 9.31. The van der Waals surface area contributed by atoms with E-state index in [2.05, 4.69) is 15.6 Å². The van der Waals surface area contributed by atoms with Gasteiger partial charge in [0, 0.05) is 43.2 Å². The number of hydrogen-bond acceptors (Lipinski definition) is 6. The number of nitrogen functional groups attached to an aromatic ring is 2. The van der Waals surface area contributed by atoms with Crippen LogP contribution in [-0.4, -0.2) is 30.2 Å². The molecule has 7 heteroatoms. The van der Waals surface area contributed by atoms with Crippen molar-refractivity contribution in [3.05, 3.63) is 71.1 Å². The molecule has 7 nitrogen and oxygen atoms in total. The summed E-state index contributed by atoms with van der Waals surface area (Å²) in [5.74, 6) is 0.175. The molecule has 0 radical (unpaired) electrons. The van der Waals surface area contributed by atoms with Gasteiger partial charge in [0.2, 0.25) is 0 Å². The lowest BCUT2D eigenvalue weighted by Crippen LogP contribution is -2.23. The van der Waals surface area contributed by atoms with Gasteiger partial charge in [0.25, 0.3) is 0 Å². The molecular formula is C22H28N6O. The van der Waals surface area contributed by atoms with Crippen molar-refractivity contribution in [2.75, 3.05) is 19.3 Å². The highest BCUT2D eigenvalue weighted by Crippen LogP contribution is 2.22. The number of carbonyl (C=O) groups excluding carboxylic acids is 1. The molecule has 0 unspecified atom stereocenters. The van der Waals surface area contributed by atoms with Crippen LogP contribution < -0.4 is 22.1 Å². The minimum absolute atomic E-state index is 0.0347. The van der Waals surface area contributed by atoms with Crippen LogP contribution >= 0.6 is 0 Å². The van der Waals surface area contributed by atoms with Gasteiger partial charge >= 0.3 is 0 Å². The van der Waals surface area contributed by atoms with E-state index in [4.69, 9.17) is 16.9 Å². The summed E-state index contributed by atoms with van der Waals surface area (Å²) in [5.41, 5.74) is 16.2. The second kappa shape index (κ2) is 10.2. The molecule has 1 aromatic carbocycles. The highest BCUT2D eigenvalue weighted by Gasteiger charge is 2.09. The van der Waals surface area contributed by atoms with Crippen molar-refractivity contribution in [1.82, 2.24) is 15.6 Å². The number of pyridine rings is 1. The lowest BCUT2D eigenvalue weighted by molar-refractivity contribution is -0.113. The molecule has 7 N–H and O–H groups in total. The first-order valence-corrected chi connectivity index (χ1v) is 9.31. The first kappa shape index (κ1) is 21.8. The Morgan fingerprint density at radius 3 is 2.48 bits per heavy atom. The average Bonchev–Trinajstić information content (AvgIpc) is 2.70. The largest absolute Gasteiger partial charge is 0.388 e. The number of hydrogen-bond donors (Lipinski definition) is 5. The predicted octanol–water partition coefficient (Wildman–Crippen LogP) is 2.34. The van der Waals surface area contributed by atoms with Crippen LogP contribution in [0.1, 0.15) is 25.0 Å². The minimum Gasteiger partial charge on any atom is -0.388 e. The number of amidine groups is 1. The maximum atomic E-state index is 12.0. The zero-order chi connectivity index (χ0) is 21.4. The van der Waals surface area contributed by atoms with Crippen LogP contribution in [0.25, 0.3) is 11.1 Å². The Hall–Kier alpha value is -3.45. The first-order chi connectivity index (χ1) is 13.9. The van der Waals surface area contributed by atoms with Crippen molar-refractivity contribution >= 4 is 17.4 Å². The highest BCUT2D eigenvalue weighted by molar-refractivity contribution is 6.00. The number of likely N-dealkylation sites (N-methyl/N-ethyl adjacent to an activating group) is 1. The van der Waals surface area contributed by atoms with E-state index in [9.17, 15) is 4.79 Å². The van der Waals surface area contributed by atoms with Crippen LogP contribution in [0.2, 0.25) is 0 Å². The predicted molar refractivity (Wildman–Crippen MR) is 118 cm³/mol. The molecule has 0 amide bonds. The number of rotatable bonds is 9.